The number of fused-ring (bicyclic) bond motifs is 1. The molecule has 0 saturated carbocycles. The first-order valence-electron chi connectivity index (χ1n) is 10.6. The van der Waals surface area contributed by atoms with Crippen molar-refractivity contribution >= 4 is 34.3 Å². The number of piperidine rings is 1. The van der Waals surface area contributed by atoms with E-state index in [9.17, 15) is 10.1 Å². The number of pyridine rings is 1. The number of hydrogen-bond acceptors (Lipinski definition) is 6. The summed E-state index contributed by atoms with van der Waals surface area (Å²) >= 11 is 6.05. The number of amides is 1. The molecule has 2 aromatic carbocycles. The lowest BCUT2D eigenvalue weighted by molar-refractivity contribution is 0.119. The molecule has 1 aliphatic heterocycles. The number of anilines is 1. The second-order valence-corrected chi connectivity index (χ2v) is 8.35. The first-order chi connectivity index (χ1) is 15.9. The van der Waals surface area contributed by atoms with Crippen LogP contribution in [0, 0.1) is 17.2 Å². The summed E-state index contributed by atoms with van der Waals surface area (Å²) in [6.07, 6.45) is 1.56. The van der Waals surface area contributed by atoms with Gasteiger partial charge in [0, 0.05) is 36.7 Å². The summed E-state index contributed by atoms with van der Waals surface area (Å²) in [6, 6.07) is 14.2. The molecule has 2 heterocycles. The number of aromatic nitrogens is 1. The highest BCUT2D eigenvalue weighted by atomic mass is 35.5. The monoisotopic (exact) mass is 466 g/mol. The van der Waals surface area contributed by atoms with E-state index in [0.29, 0.717) is 64.8 Å². The van der Waals surface area contributed by atoms with Crippen molar-refractivity contribution in [1.82, 2.24) is 9.88 Å². The van der Waals surface area contributed by atoms with Gasteiger partial charge in [-0.3, -0.25) is 0 Å². The van der Waals surface area contributed by atoms with Crippen LogP contribution >= 0.6 is 11.6 Å². The van der Waals surface area contributed by atoms with Crippen LogP contribution in [-0.2, 0) is 0 Å². The number of halogens is 1. The Morgan fingerprint density at radius 2 is 2.03 bits per heavy atom. The summed E-state index contributed by atoms with van der Waals surface area (Å²) in [5.41, 5.74) is 7.27. The number of hydrogen-bond donors (Lipinski definition) is 2. The van der Waals surface area contributed by atoms with Crippen LogP contribution in [0.5, 0.6) is 17.4 Å². The summed E-state index contributed by atoms with van der Waals surface area (Å²) in [5, 5.41) is 19.8. The number of carbonyl (C=O) groups is 1. The predicted molar refractivity (Wildman–Crippen MR) is 125 cm³/mol. The maximum Gasteiger partial charge on any atom is 0.407 e. The molecule has 0 radical (unpaired) electrons. The van der Waals surface area contributed by atoms with Crippen molar-refractivity contribution in [3.63, 3.8) is 0 Å². The van der Waals surface area contributed by atoms with E-state index in [1.54, 1.807) is 36.4 Å². The summed E-state index contributed by atoms with van der Waals surface area (Å²) in [4.78, 5) is 17.0. The molecule has 1 fully saturated rings. The number of nitrogens with two attached hydrogens (primary N) is 1. The predicted octanol–water partition coefficient (Wildman–Crippen LogP) is 5.29. The third-order valence-corrected chi connectivity index (χ3v) is 6.08. The number of nitrogens with zero attached hydrogens (tertiary/aromatic N) is 3. The number of carboxylic acid groups (broad SMARTS) is 1. The molecule has 1 amide bonds. The van der Waals surface area contributed by atoms with Gasteiger partial charge in [-0.2, -0.15) is 5.26 Å². The van der Waals surface area contributed by atoms with Crippen molar-refractivity contribution in [2.24, 2.45) is 5.92 Å². The van der Waals surface area contributed by atoms with E-state index in [4.69, 9.17) is 31.9 Å². The van der Waals surface area contributed by atoms with Crippen LogP contribution < -0.4 is 15.2 Å². The Morgan fingerprint density at radius 3 is 2.73 bits per heavy atom. The van der Waals surface area contributed by atoms with Crippen molar-refractivity contribution < 1.29 is 19.4 Å². The topological polar surface area (TPSA) is 122 Å². The SMILES string of the molecule is N#Cc1cc2ccc(Oc3ccc(N)c(Cl)c3)nc2cc1OCCC1CCN(C(=O)O)CC1. The zero-order valence-electron chi connectivity index (χ0n) is 17.8. The van der Waals surface area contributed by atoms with E-state index < -0.39 is 6.09 Å². The van der Waals surface area contributed by atoms with Crippen LogP contribution in [0.4, 0.5) is 10.5 Å². The van der Waals surface area contributed by atoms with Crippen molar-refractivity contribution in [2.75, 3.05) is 25.4 Å². The van der Waals surface area contributed by atoms with E-state index in [-0.39, 0.29) is 0 Å². The molecule has 0 spiro atoms. The second-order valence-electron chi connectivity index (χ2n) is 7.94. The summed E-state index contributed by atoms with van der Waals surface area (Å²) in [6.45, 7) is 1.54. The fraction of sp³-hybridized carbons (Fsp3) is 0.292. The lowest BCUT2D eigenvalue weighted by Gasteiger charge is -2.29. The molecule has 1 aromatic heterocycles. The normalized spacial score (nSPS) is 14.1. The van der Waals surface area contributed by atoms with E-state index in [1.165, 1.54) is 4.90 Å². The Balaban J connectivity index is 1.44. The molecule has 0 aliphatic carbocycles. The molecule has 9 heteroatoms. The molecule has 170 valence electrons. The number of rotatable bonds is 6. The summed E-state index contributed by atoms with van der Waals surface area (Å²) < 4.78 is 11.7. The van der Waals surface area contributed by atoms with Crippen molar-refractivity contribution in [2.45, 2.75) is 19.3 Å². The minimum absolute atomic E-state index is 0.379. The first-order valence-corrected chi connectivity index (χ1v) is 11.0. The molecule has 0 unspecified atom stereocenters. The minimum Gasteiger partial charge on any atom is -0.492 e. The van der Waals surface area contributed by atoms with Crippen molar-refractivity contribution in [1.29, 1.82) is 5.26 Å². The molecule has 3 aromatic rings. The Bertz CT molecular complexity index is 1220. The van der Waals surface area contributed by atoms with Gasteiger partial charge in [-0.25, -0.2) is 9.78 Å². The number of ether oxygens (including phenoxy) is 2. The van der Waals surface area contributed by atoms with E-state index in [1.807, 2.05) is 6.07 Å². The van der Waals surface area contributed by atoms with Gasteiger partial charge in [0.15, 0.2) is 0 Å². The van der Waals surface area contributed by atoms with Gasteiger partial charge >= 0.3 is 6.09 Å². The van der Waals surface area contributed by atoms with Crippen LogP contribution in [0.1, 0.15) is 24.8 Å². The van der Waals surface area contributed by atoms with E-state index in [0.717, 1.165) is 24.6 Å². The smallest absolute Gasteiger partial charge is 0.407 e. The fourth-order valence-electron chi connectivity index (χ4n) is 3.84. The van der Waals surface area contributed by atoms with E-state index >= 15 is 0 Å². The van der Waals surface area contributed by atoms with Crippen molar-refractivity contribution in [3.05, 3.63) is 53.1 Å². The molecule has 1 saturated heterocycles. The Morgan fingerprint density at radius 1 is 1.24 bits per heavy atom. The molecular weight excluding hydrogens is 444 g/mol. The minimum atomic E-state index is -0.866. The number of benzene rings is 2. The van der Waals surface area contributed by atoms with Gasteiger partial charge in [0.1, 0.15) is 17.6 Å². The first kappa shape index (κ1) is 22.5. The number of nitrogen functional groups attached to an aromatic ring is 1. The zero-order valence-corrected chi connectivity index (χ0v) is 18.6. The van der Waals surface area contributed by atoms with Crippen LogP contribution in [0.15, 0.2) is 42.5 Å². The van der Waals surface area contributed by atoms with Crippen LogP contribution in [-0.4, -0.2) is 40.8 Å². The highest BCUT2D eigenvalue weighted by Gasteiger charge is 2.22. The lowest BCUT2D eigenvalue weighted by atomic mass is 9.94. The van der Waals surface area contributed by atoms with Crippen LogP contribution in [0.3, 0.4) is 0 Å². The van der Waals surface area contributed by atoms with Gasteiger partial charge in [-0.05, 0) is 49.4 Å². The third-order valence-electron chi connectivity index (χ3n) is 5.75. The van der Waals surface area contributed by atoms with Gasteiger partial charge in [0.25, 0.3) is 0 Å². The molecule has 0 bridgehead atoms. The van der Waals surface area contributed by atoms with Crippen LogP contribution in [0.25, 0.3) is 10.9 Å². The lowest BCUT2D eigenvalue weighted by Crippen LogP contribution is -2.37. The summed E-state index contributed by atoms with van der Waals surface area (Å²) in [7, 11) is 0. The van der Waals surface area contributed by atoms with Gasteiger partial charge in [-0.15, -0.1) is 0 Å². The third kappa shape index (κ3) is 5.38. The molecule has 33 heavy (non-hydrogen) atoms. The van der Waals surface area contributed by atoms with Gasteiger partial charge in [0.2, 0.25) is 5.88 Å². The average molecular weight is 467 g/mol. The largest absolute Gasteiger partial charge is 0.492 e. The Labute approximate surface area is 196 Å². The van der Waals surface area contributed by atoms with Crippen LogP contribution in [0.2, 0.25) is 5.02 Å². The standard InChI is InChI=1S/C24H23ClN4O4/c25-19-12-18(2-3-20(19)27)33-23-4-1-16-11-17(14-26)22(13-21(16)28-23)32-10-7-15-5-8-29(9-6-15)24(30)31/h1-4,11-13,15H,5-10,27H2,(H,30,31). The van der Waals surface area contributed by atoms with Gasteiger partial charge in [-0.1, -0.05) is 11.6 Å². The second kappa shape index (κ2) is 9.84. The number of likely N-dealkylation sites (tertiary alicyclic amines) is 1. The Hall–Kier alpha value is -3.70. The molecule has 0 atom stereocenters. The summed E-state index contributed by atoms with van der Waals surface area (Å²) in [5.74, 6) is 1.76. The van der Waals surface area contributed by atoms with E-state index in [2.05, 4.69) is 11.1 Å². The maximum absolute atomic E-state index is 11.0. The highest BCUT2D eigenvalue weighted by molar-refractivity contribution is 6.33. The Kier molecular flexibility index (Phi) is 6.71. The molecular formula is C24H23ClN4O4. The average Bonchev–Trinajstić information content (AvgIpc) is 2.81. The molecule has 4 rings (SSSR count). The molecule has 1 aliphatic rings. The maximum atomic E-state index is 11.0. The van der Waals surface area contributed by atoms with Gasteiger partial charge < -0.3 is 25.2 Å². The van der Waals surface area contributed by atoms with Gasteiger partial charge in [0.05, 0.1) is 28.4 Å². The highest BCUT2D eigenvalue weighted by Crippen LogP contribution is 2.30. The quantitative estimate of drug-likeness (QED) is 0.473. The fourth-order valence-corrected chi connectivity index (χ4v) is 4.01. The molecule has 3 N–H and O–H groups in total. The zero-order chi connectivity index (χ0) is 23.4. The number of nitriles is 1. The molecule has 8 nitrogen and oxygen atoms in total. The van der Waals surface area contributed by atoms with Crippen molar-refractivity contribution in [3.8, 4) is 23.4 Å².